The van der Waals surface area contributed by atoms with Crippen LogP contribution in [0.5, 0.6) is 17.2 Å². The second-order valence-electron chi connectivity index (χ2n) is 6.96. The van der Waals surface area contributed by atoms with Crippen molar-refractivity contribution in [1.82, 2.24) is 9.80 Å². The molecule has 7 nitrogen and oxygen atoms in total. The molecule has 1 aliphatic rings. The molecule has 0 bridgehead atoms. The zero-order valence-electron chi connectivity index (χ0n) is 16.5. The van der Waals surface area contributed by atoms with Gasteiger partial charge in [0.05, 0.1) is 13.0 Å². The second kappa shape index (κ2) is 9.82. The predicted molar refractivity (Wildman–Crippen MR) is 108 cm³/mol. The number of aromatic hydroxyl groups is 1. The molecule has 2 amide bonds. The Labute approximate surface area is 170 Å². The van der Waals surface area contributed by atoms with Crippen LogP contribution in [0.2, 0.25) is 0 Å². The number of phenols is 1. The maximum absolute atomic E-state index is 12.3. The Bertz CT molecular complexity index is 829. The quantitative estimate of drug-likeness (QED) is 0.774. The Balaban J connectivity index is 1.36. The monoisotopic (exact) mass is 398 g/mol. The van der Waals surface area contributed by atoms with Crippen LogP contribution in [-0.2, 0) is 9.59 Å². The smallest absolute Gasteiger partial charge is 0.260 e. The lowest BCUT2D eigenvalue weighted by Gasteiger charge is -2.34. The molecular weight excluding hydrogens is 372 g/mol. The van der Waals surface area contributed by atoms with Crippen molar-refractivity contribution in [3.05, 3.63) is 54.1 Å². The average molecular weight is 398 g/mol. The summed E-state index contributed by atoms with van der Waals surface area (Å²) in [6.45, 7) is 4.26. The molecule has 0 spiro atoms. The Morgan fingerprint density at radius 2 is 1.55 bits per heavy atom. The van der Waals surface area contributed by atoms with Crippen LogP contribution in [0, 0.1) is 6.92 Å². The summed E-state index contributed by atoms with van der Waals surface area (Å²) in [7, 11) is 0. The van der Waals surface area contributed by atoms with E-state index in [-0.39, 0.29) is 37.2 Å². The molecular formula is C22H26N2O5. The van der Waals surface area contributed by atoms with E-state index < -0.39 is 0 Å². The molecule has 154 valence electrons. The van der Waals surface area contributed by atoms with Gasteiger partial charge in [0.2, 0.25) is 5.91 Å². The zero-order chi connectivity index (χ0) is 20.6. The van der Waals surface area contributed by atoms with Gasteiger partial charge in [-0.3, -0.25) is 9.59 Å². The number of hydrogen-bond acceptors (Lipinski definition) is 5. The number of benzene rings is 2. The third-order valence-corrected chi connectivity index (χ3v) is 4.76. The van der Waals surface area contributed by atoms with Crippen molar-refractivity contribution < 1.29 is 24.2 Å². The van der Waals surface area contributed by atoms with Crippen molar-refractivity contribution in [2.75, 3.05) is 39.4 Å². The first-order valence-electron chi connectivity index (χ1n) is 9.68. The molecule has 1 saturated heterocycles. The highest BCUT2D eigenvalue weighted by Gasteiger charge is 2.24. The van der Waals surface area contributed by atoms with Crippen LogP contribution in [0.3, 0.4) is 0 Å². The van der Waals surface area contributed by atoms with Crippen LogP contribution in [0.1, 0.15) is 12.0 Å². The van der Waals surface area contributed by atoms with Gasteiger partial charge in [0.1, 0.15) is 17.2 Å². The third kappa shape index (κ3) is 6.14. The lowest BCUT2D eigenvalue weighted by molar-refractivity contribution is -0.141. The largest absolute Gasteiger partial charge is 0.508 e. The van der Waals surface area contributed by atoms with E-state index in [1.165, 1.54) is 12.1 Å². The van der Waals surface area contributed by atoms with Crippen molar-refractivity contribution in [3.8, 4) is 17.2 Å². The number of aryl methyl sites for hydroxylation is 1. The highest BCUT2D eigenvalue weighted by atomic mass is 16.5. The molecule has 3 rings (SSSR count). The zero-order valence-corrected chi connectivity index (χ0v) is 16.5. The fourth-order valence-corrected chi connectivity index (χ4v) is 3.10. The molecule has 29 heavy (non-hydrogen) atoms. The topological polar surface area (TPSA) is 79.3 Å². The average Bonchev–Trinajstić information content (AvgIpc) is 2.73. The summed E-state index contributed by atoms with van der Waals surface area (Å²) in [5, 5.41) is 9.25. The lowest BCUT2D eigenvalue weighted by Crippen LogP contribution is -2.51. The van der Waals surface area contributed by atoms with Crippen LogP contribution in [0.4, 0.5) is 0 Å². The van der Waals surface area contributed by atoms with E-state index in [4.69, 9.17) is 9.47 Å². The molecule has 0 aliphatic carbocycles. The van der Waals surface area contributed by atoms with Crippen molar-refractivity contribution in [2.24, 2.45) is 0 Å². The van der Waals surface area contributed by atoms with Crippen LogP contribution >= 0.6 is 0 Å². The number of phenolic OH excluding ortho intramolecular Hbond substituents is 1. The first-order valence-corrected chi connectivity index (χ1v) is 9.68. The molecule has 0 radical (unpaired) electrons. The molecule has 1 fully saturated rings. The standard InChI is InChI=1S/C22H26N2O5/c1-17-3-2-4-20(15-17)29-16-22(27)24-12-10-23(11-13-24)21(26)9-14-28-19-7-5-18(25)6-8-19/h2-8,15,25H,9-14,16H2,1H3. The molecule has 1 heterocycles. The number of nitrogens with zero attached hydrogens (tertiary/aromatic N) is 2. The minimum atomic E-state index is -0.0748. The van der Waals surface area contributed by atoms with Gasteiger partial charge in [-0.2, -0.15) is 0 Å². The molecule has 0 saturated carbocycles. The second-order valence-corrected chi connectivity index (χ2v) is 6.96. The van der Waals surface area contributed by atoms with Crippen molar-refractivity contribution in [2.45, 2.75) is 13.3 Å². The Hall–Kier alpha value is -3.22. The van der Waals surface area contributed by atoms with E-state index >= 15 is 0 Å². The highest BCUT2D eigenvalue weighted by molar-refractivity contribution is 5.79. The van der Waals surface area contributed by atoms with Crippen LogP contribution in [0.15, 0.2) is 48.5 Å². The van der Waals surface area contributed by atoms with Gasteiger partial charge in [-0.05, 0) is 48.9 Å². The molecule has 0 atom stereocenters. The number of carbonyl (C=O) groups excluding carboxylic acids is 2. The maximum Gasteiger partial charge on any atom is 0.260 e. The fraction of sp³-hybridized carbons (Fsp3) is 0.364. The van der Waals surface area contributed by atoms with E-state index in [0.29, 0.717) is 37.7 Å². The number of carbonyl (C=O) groups is 2. The van der Waals surface area contributed by atoms with E-state index in [0.717, 1.165) is 5.56 Å². The van der Waals surface area contributed by atoms with Gasteiger partial charge in [-0.1, -0.05) is 12.1 Å². The van der Waals surface area contributed by atoms with Gasteiger partial charge in [0, 0.05) is 26.2 Å². The number of hydrogen-bond donors (Lipinski definition) is 1. The first-order chi connectivity index (χ1) is 14.0. The van der Waals surface area contributed by atoms with Crippen molar-refractivity contribution in [1.29, 1.82) is 0 Å². The summed E-state index contributed by atoms with van der Waals surface area (Å²) < 4.78 is 11.1. The van der Waals surface area contributed by atoms with Crippen LogP contribution in [0.25, 0.3) is 0 Å². The summed E-state index contributed by atoms with van der Waals surface area (Å²) >= 11 is 0. The SMILES string of the molecule is Cc1cccc(OCC(=O)N2CCN(C(=O)CCOc3ccc(O)cc3)CC2)c1. The molecule has 0 aromatic heterocycles. The lowest BCUT2D eigenvalue weighted by atomic mass is 10.2. The summed E-state index contributed by atoms with van der Waals surface area (Å²) in [6, 6.07) is 14.0. The van der Waals surface area contributed by atoms with E-state index in [9.17, 15) is 14.7 Å². The number of rotatable bonds is 7. The summed E-state index contributed by atoms with van der Waals surface area (Å²) in [5.74, 6) is 1.40. The Kier molecular flexibility index (Phi) is 6.94. The molecule has 0 unspecified atom stereocenters. The van der Waals surface area contributed by atoms with E-state index in [1.54, 1.807) is 21.9 Å². The van der Waals surface area contributed by atoms with Crippen molar-refractivity contribution >= 4 is 11.8 Å². The predicted octanol–water partition coefficient (Wildman–Crippen LogP) is 2.22. The molecule has 1 N–H and O–H groups in total. The van der Waals surface area contributed by atoms with Gasteiger partial charge in [0.25, 0.3) is 5.91 Å². The van der Waals surface area contributed by atoms with E-state index in [1.807, 2.05) is 31.2 Å². The van der Waals surface area contributed by atoms with Crippen molar-refractivity contribution in [3.63, 3.8) is 0 Å². The minimum Gasteiger partial charge on any atom is -0.508 e. The highest BCUT2D eigenvalue weighted by Crippen LogP contribution is 2.16. The van der Waals surface area contributed by atoms with Gasteiger partial charge in [0.15, 0.2) is 6.61 Å². The Morgan fingerprint density at radius 3 is 2.21 bits per heavy atom. The number of piperazine rings is 1. The van der Waals surface area contributed by atoms with Crippen LogP contribution in [-0.4, -0.2) is 66.1 Å². The maximum atomic E-state index is 12.3. The molecule has 1 aliphatic heterocycles. The molecule has 2 aromatic carbocycles. The third-order valence-electron chi connectivity index (χ3n) is 4.76. The van der Waals surface area contributed by atoms with Gasteiger partial charge in [-0.15, -0.1) is 0 Å². The normalized spacial score (nSPS) is 13.8. The summed E-state index contributed by atoms with van der Waals surface area (Å²) in [5.41, 5.74) is 1.08. The van der Waals surface area contributed by atoms with E-state index in [2.05, 4.69) is 0 Å². The number of ether oxygens (including phenoxy) is 2. The van der Waals surface area contributed by atoms with Gasteiger partial charge < -0.3 is 24.4 Å². The Morgan fingerprint density at radius 1 is 0.897 bits per heavy atom. The fourth-order valence-electron chi connectivity index (χ4n) is 3.10. The molecule has 7 heteroatoms. The van der Waals surface area contributed by atoms with Crippen LogP contribution < -0.4 is 9.47 Å². The minimum absolute atomic E-state index is 0.00211. The summed E-state index contributed by atoms with van der Waals surface area (Å²) in [4.78, 5) is 28.2. The van der Waals surface area contributed by atoms with Gasteiger partial charge >= 0.3 is 0 Å². The first kappa shape index (κ1) is 20.5. The molecule has 2 aromatic rings. The summed E-state index contributed by atoms with van der Waals surface area (Å²) in [6.07, 6.45) is 0.269. The number of amides is 2. The van der Waals surface area contributed by atoms with Gasteiger partial charge in [-0.25, -0.2) is 0 Å².